The predicted molar refractivity (Wildman–Crippen MR) is 306 cm³/mol. The van der Waals surface area contributed by atoms with Gasteiger partial charge in [-0.05, 0) is 96.3 Å². The van der Waals surface area contributed by atoms with Crippen LogP contribution in [0.1, 0.15) is 290 Å². The molecular formula is C57H109O16P3. The molecule has 0 spiro atoms. The number of ether oxygens (including phenoxy) is 3. The van der Waals surface area contributed by atoms with Crippen molar-refractivity contribution in [3.8, 4) is 0 Å². The topological polar surface area (TPSA) is 250 Å². The normalized spacial score (nSPS) is 12.3. The highest BCUT2D eigenvalue weighted by Crippen LogP contribution is 2.64. The van der Waals surface area contributed by atoms with E-state index in [1.165, 1.54) is 173 Å². The van der Waals surface area contributed by atoms with E-state index in [1.807, 2.05) is 0 Å². The molecular weight excluding hydrogens is 1030 g/mol. The second-order valence-electron chi connectivity index (χ2n) is 20.1. The number of esters is 3. The van der Waals surface area contributed by atoms with Crippen LogP contribution in [-0.4, -0.2) is 61.7 Å². The van der Waals surface area contributed by atoms with Gasteiger partial charge in [-0.2, -0.15) is 8.62 Å². The number of rotatable bonds is 54. The Hall–Kier alpha value is -1.96. The van der Waals surface area contributed by atoms with Gasteiger partial charge in [0.25, 0.3) is 0 Å². The zero-order chi connectivity index (χ0) is 56.7. The second-order valence-corrected chi connectivity index (χ2v) is 24.3. The van der Waals surface area contributed by atoms with Gasteiger partial charge in [0.15, 0.2) is 6.10 Å². The van der Waals surface area contributed by atoms with E-state index < -0.39 is 29.6 Å². The van der Waals surface area contributed by atoms with Gasteiger partial charge < -0.3 is 38.7 Å². The highest BCUT2D eigenvalue weighted by Gasteiger charge is 2.38. The summed E-state index contributed by atoms with van der Waals surface area (Å²) in [6, 6.07) is 0. The molecule has 0 radical (unpaired) electrons. The summed E-state index contributed by atoms with van der Waals surface area (Å²) in [6.07, 6.45) is 61.2. The van der Waals surface area contributed by atoms with E-state index in [0.29, 0.717) is 19.3 Å². The van der Waals surface area contributed by atoms with E-state index in [-0.39, 0.29) is 31.1 Å². The van der Waals surface area contributed by atoms with Crippen molar-refractivity contribution in [1.82, 2.24) is 0 Å². The Morgan fingerprint density at radius 3 is 0.816 bits per heavy atom. The average Bonchev–Trinajstić information content (AvgIpc) is 3.34. The Kier molecular flexibility index (Phi) is 55.1. The van der Waals surface area contributed by atoms with Crippen molar-refractivity contribution in [1.29, 1.82) is 0 Å². The van der Waals surface area contributed by atoms with Gasteiger partial charge in [-0.25, -0.2) is 13.7 Å². The fourth-order valence-corrected chi connectivity index (χ4v) is 10.7. The van der Waals surface area contributed by atoms with Gasteiger partial charge in [0.2, 0.25) is 0 Å². The molecule has 19 heteroatoms. The summed E-state index contributed by atoms with van der Waals surface area (Å²) in [7, 11) is -16.2. The van der Waals surface area contributed by atoms with Crippen molar-refractivity contribution in [2.75, 3.05) is 13.2 Å². The number of allylic oxidation sites excluding steroid dienone is 6. The molecule has 448 valence electrons. The Balaban J connectivity index is 0. The summed E-state index contributed by atoms with van der Waals surface area (Å²) in [6.45, 7) is 6.63. The van der Waals surface area contributed by atoms with E-state index in [9.17, 15) is 28.1 Å². The van der Waals surface area contributed by atoms with Gasteiger partial charge >= 0.3 is 41.4 Å². The molecule has 0 heterocycles. The number of hydrogen-bond acceptors (Lipinski definition) is 11. The maximum Gasteiger partial charge on any atom is 0.490 e. The molecule has 0 bridgehead atoms. The Morgan fingerprint density at radius 2 is 0.566 bits per heavy atom. The largest absolute Gasteiger partial charge is 0.490 e. The van der Waals surface area contributed by atoms with Crippen LogP contribution in [0.3, 0.4) is 0 Å². The van der Waals surface area contributed by atoms with Crippen molar-refractivity contribution in [2.45, 2.75) is 297 Å². The van der Waals surface area contributed by atoms with E-state index >= 15 is 0 Å². The van der Waals surface area contributed by atoms with Gasteiger partial charge in [0.1, 0.15) is 13.2 Å². The third kappa shape index (κ3) is 64.6. The molecule has 0 saturated heterocycles. The number of carbonyl (C=O) groups excluding carboxylic acids is 3. The molecule has 0 aromatic rings. The van der Waals surface area contributed by atoms with Gasteiger partial charge in [-0.1, -0.05) is 211 Å². The Labute approximate surface area is 461 Å². The monoisotopic (exact) mass is 1140 g/mol. The maximum absolute atomic E-state index is 12.8. The molecule has 0 aliphatic rings. The van der Waals surface area contributed by atoms with Crippen LogP contribution < -0.4 is 0 Å². The van der Waals surface area contributed by atoms with Crippen LogP contribution in [0.25, 0.3) is 0 Å². The molecule has 16 nitrogen and oxygen atoms in total. The third-order valence-electron chi connectivity index (χ3n) is 12.5. The summed E-state index contributed by atoms with van der Waals surface area (Å²) in [5, 5.41) is 0. The quantitative estimate of drug-likeness (QED) is 0.0125. The van der Waals surface area contributed by atoms with Crippen molar-refractivity contribution in [3.05, 3.63) is 36.5 Å². The molecule has 76 heavy (non-hydrogen) atoms. The molecule has 0 aromatic heterocycles. The number of unbranched alkanes of at least 4 members (excludes halogenated alkanes) is 33. The first-order valence-electron chi connectivity index (χ1n) is 29.8. The van der Waals surface area contributed by atoms with Crippen molar-refractivity contribution in [3.63, 3.8) is 0 Å². The minimum atomic E-state index is -5.46. The molecule has 0 aliphatic heterocycles. The minimum Gasteiger partial charge on any atom is -0.462 e. The standard InChI is InChI=1S/C57H104O6.H5O10P3/c1-4-7-10-13-16-19-22-25-28-31-34-37-40-43-46-49-55(58)61-52-54(63-57(60)51-48-45-42-39-36-33-30-27-24-21-18-15-12-9-6-3)53-62-56(59)50-47-44-41-38-35-32-29-26-23-20-17-14-11-8-5-2;1-11(2,3)9-13(7,8)10-12(4,5)6/h25-30,54H,4-24,31-53H2,1-3H3;(H,7,8)(H2,1,2,3)(H2,4,5,6)/b28-25-,29-26-,30-27-;. The molecule has 0 aromatic carbocycles. The van der Waals surface area contributed by atoms with Crippen LogP contribution in [0, 0.1) is 0 Å². The highest BCUT2D eigenvalue weighted by atomic mass is 31.3. The molecule has 5 N–H and O–H groups in total. The Morgan fingerprint density at radius 1 is 0.342 bits per heavy atom. The minimum absolute atomic E-state index is 0.0806. The van der Waals surface area contributed by atoms with Gasteiger partial charge in [0.05, 0.1) is 0 Å². The first-order valence-corrected chi connectivity index (χ1v) is 34.3. The van der Waals surface area contributed by atoms with Crippen LogP contribution in [0.4, 0.5) is 0 Å². The molecule has 0 fully saturated rings. The summed E-state index contributed by atoms with van der Waals surface area (Å²) in [5.41, 5.74) is 0. The first kappa shape index (κ1) is 76.1. The first-order chi connectivity index (χ1) is 36.4. The molecule has 0 saturated carbocycles. The average molecular weight is 1140 g/mol. The second kappa shape index (κ2) is 55.0. The van der Waals surface area contributed by atoms with Crippen molar-refractivity contribution < 1.29 is 75.4 Å². The third-order valence-corrected chi connectivity index (χ3v) is 15.9. The van der Waals surface area contributed by atoms with Crippen LogP contribution >= 0.6 is 23.5 Å². The molecule has 0 aliphatic carbocycles. The zero-order valence-corrected chi connectivity index (χ0v) is 50.4. The lowest BCUT2D eigenvalue weighted by Crippen LogP contribution is -2.30. The van der Waals surface area contributed by atoms with E-state index in [2.05, 4.69) is 65.8 Å². The van der Waals surface area contributed by atoms with Crippen LogP contribution in [0.5, 0.6) is 0 Å². The zero-order valence-electron chi connectivity index (χ0n) is 47.7. The smallest absolute Gasteiger partial charge is 0.462 e. The summed E-state index contributed by atoms with van der Waals surface area (Å²) in [4.78, 5) is 78.3. The van der Waals surface area contributed by atoms with Gasteiger partial charge in [-0.3, -0.25) is 14.4 Å². The lowest BCUT2D eigenvalue weighted by Gasteiger charge is -2.18. The van der Waals surface area contributed by atoms with Crippen LogP contribution in [0.2, 0.25) is 0 Å². The van der Waals surface area contributed by atoms with Crippen molar-refractivity contribution >= 4 is 41.4 Å². The number of hydrogen-bond donors (Lipinski definition) is 5. The SMILES string of the molecule is CCCCCCCC/C=C\CCCCCCCC(=O)OCC(COC(=O)CCCCCCC/C=C\CCCCCCCC)OC(=O)CCCCCCC/C=C\CCCCCCCC.O=P(O)(O)OP(=O)(O)OP(=O)(O)O. The molecule has 0 atom stereocenters. The molecule has 0 unspecified atom stereocenters. The summed E-state index contributed by atoms with van der Waals surface area (Å²) in [5.74, 6) is -0.893. The predicted octanol–water partition coefficient (Wildman–Crippen LogP) is 17.4. The maximum atomic E-state index is 12.8. The lowest BCUT2D eigenvalue weighted by molar-refractivity contribution is -0.167. The molecule has 0 amide bonds. The fourth-order valence-electron chi connectivity index (χ4n) is 8.18. The van der Waals surface area contributed by atoms with Gasteiger partial charge in [-0.15, -0.1) is 0 Å². The highest BCUT2D eigenvalue weighted by molar-refractivity contribution is 7.66. The van der Waals surface area contributed by atoms with E-state index in [1.54, 1.807) is 0 Å². The van der Waals surface area contributed by atoms with Crippen LogP contribution in [-0.2, 0) is 50.9 Å². The number of carbonyl (C=O) groups is 3. The summed E-state index contributed by atoms with van der Waals surface area (Å²) < 4.78 is 53.2. The van der Waals surface area contributed by atoms with Crippen LogP contribution in [0.15, 0.2) is 36.5 Å². The molecule has 0 rings (SSSR count). The lowest BCUT2D eigenvalue weighted by atomic mass is 10.1. The van der Waals surface area contributed by atoms with Gasteiger partial charge in [0, 0.05) is 19.3 Å². The number of phosphoric acid groups is 3. The van der Waals surface area contributed by atoms with Crippen molar-refractivity contribution in [2.24, 2.45) is 0 Å². The fraction of sp³-hybridized carbons (Fsp3) is 0.842. The Bertz CT molecular complexity index is 1510. The summed E-state index contributed by atoms with van der Waals surface area (Å²) >= 11 is 0. The van der Waals surface area contributed by atoms with E-state index in [0.717, 1.165) is 77.0 Å². The van der Waals surface area contributed by atoms with E-state index in [4.69, 9.17) is 38.7 Å².